The molecule has 1 rings (SSSR count). The molecule has 0 amide bonds. The lowest BCUT2D eigenvalue weighted by Gasteiger charge is -2.11. The zero-order chi connectivity index (χ0) is 10.2. The summed E-state index contributed by atoms with van der Waals surface area (Å²) >= 11 is 0. The molecular formula is C8H9N2O3P. The minimum Gasteiger partial charge on any atom is -0.417 e. The summed E-state index contributed by atoms with van der Waals surface area (Å²) in [7, 11) is -1.58. The Morgan fingerprint density at radius 2 is 1.93 bits per heavy atom. The smallest absolute Gasteiger partial charge is 0.417 e. The van der Waals surface area contributed by atoms with Crippen molar-refractivity contribution in [3.63, 3.8) is 0 Å². The summed E-state index contributed by atoms with van der Waals surface area (Å²) in [6.45, 7) is 6.78. The Bertz CT molecular complexity index is 284. The lowest BCUT2D eigenvalue weighted by molar-refractivity contribution is 0.325. The second kappa shape index (κ2) is 5.94. The van der Waals surface area contributed by atoms with Gasteiger partial charge in [0.15, 0.2) is 0 Å². The largest absolute Gasteiger partial charge is 0.530 e. The maximum absolute atomic E-state index is 5.20. The Morgan fingerprint density at radius 3 is 2.43 bits per heavy atom. The summed E-state index contributed by atoms with van der Waals surface area (Å²) in [4.78, 5) is 7.70. The number of hydrogen-bond acceptors (Lipinski definition) is 5. The summed E-state index contributed by atoms with van der Waals surface area (Å²) in [5.41, 5.74) is 0. The van der Waals surface area contributed by atoms with Crippen molar-refractivity contribution < 1.29 is 13.6 Å². The maximum atomic E-state index is 5.20. The highest BCUT2D eigenvalue weighted by Gasteiger charge is 2.14. The zero-order valence-electron chi connectivity index (χ0n) is 7.37. The van der Waals surface area contributed by atoms with Gasteiger partial charge in [0, 0.05) is 12.4 Å². The van der Waals surface area contributed by atoms with Crippen molar-refractivity contribution in [2.75, 3.05) is 0 Å². The van der Waals surface area contributed by atoms with E-state index in [9.17, 15) is 0 Å². The summed E-state index contributed by atoms with van der Waals surface area (Å²) in [5.74, 6) is 0.322. The van der Waals surface area contributed by atoms with E-state index in [-0.39, 0.29) is 0 Å². The highest BCUT2D eigenvalue weighted by Crippen LogP contribution is 2.39. The average molecular weight is 212 g/mol. The first-order valence-electron chi connectivity index (χ1n) is 3.66. The Labute approximate surface area is 83.1 Å². The first-order valence-corrected chi connectivity index (χ1v) is 4.76. The van der Waals surface area contributed by atoms with E-state index in [2.05, 4.69) is 23.1 Å². The molecule has 0 aromatic carbocycles. The molecule has 0 aliphatic heterocycles. The molecule has 1 aromatic rings. The van der Waals surface area contributed by atoms with E-state index < -0.39 is 8.60 Å². The molecule has 0 saturated carbocycles. The number of hydrogen-bond donors (Lipinski definition) is 0. The van der Waals surface area contributed by atoms with Crippen molar-refractivity contribution in [1.82, 2.24) is 9.97 Å². The molecule has 0 bridgehead atoms. The van der Waals surface area contributed by atoms with E-state index in [1.165, 1.54) is 31.1 Å². The van der Waals surface area contributed by atoms with E-state index in [0.717, 1.165) is 0 Å². The van der Waals surface area contributed by atoms with Crippen molar-refractivity contribution in [2.24, 2.45) is 0 Å². The molecule has 0 radical (unpaired) electrons. The van der Waals surface area contributed by atoms with Gasteiger partial charge in [0.05, 0.1) is 18.7 Å². The molecule has 0 atom stereocenters. The highest BCUT2D eigenvalue weighted by atomic mass is 31.2. The van der Waals surface area contributed by atoms with Crippen LogP contribution in [0, 0.1) is 0 Å². The van der Waals surface area contributed by atoms with Crippen molar-refractivity contribution >= 4 is 8.60 Å². The normalized spacial score (nSPS) is 9.21. The number of aromatic nitrogens is 2. The summed E-state index contributed by atoms with van der Waals surface area (Å²) in [5, 5.41) is 0. The van der Waals surface area contributed by atoms with Gasteiger partial charge < -0.3 is 13.6 Å². The Kier molecular flexibility index (Phi) is 4.44. The highest BCUT2D eigenvalue weighted by molar-refractivity contribution is 7.42. The van der Waals surface area contributed by atoms with Gasteiger partial charge in [0.25, 0.3) is 0 Å². The van der Waals surface area contributed by atoms with Gasteiger partial charge in [-0.1, -0.05) is 13.2 Å². The van der Waals surface area contributed by atoms with E-state index >= 15 is 0 Å². The van der Waals surface area contributed by atoms with Gasteiger partial charge in [-0.25, -0.2) is 4.98 Å². The van der Waals surface area contributed by atoms with Crippen LogP contribution in [0.25, 0.3) is 0 Å². The van der Waals surface area contributed by atoms with E-state index in [1.807, 2.05) is 0 Å². The quantitative estimate of drug-likeness (QED) is 0.535. The molecule has 0 fully saturated rings. The van der Waals surface area contributed by atoms with Crippen LogP contribution >= 0.6 is 8.60 Å². The molecule has 0 N–H and O–H groups in total. The Morgan fingerprint density at radius 1 is 1.21 bits per heavy atom. The van der Waals surface area contributed by atoms with Crippen molar-refractivity contribution in [1.29, 1.82) is 0 Å². The molecule has 0 unspecified atom stereocenters. The molecule has 1 heterocycles. The van der Waals surface area contributed by atoms with Crippen molar-refractivity contribution in [3.05, 3.63) is 44.3 Å². The van der Waals surface area contributed by atoms with Crippen LogP contribution in [0.1, 0.15) is 0 Å². The fourth-order valence-electron chi connectivity index (χ4n) is 0.599. The topological polar surface area (TPSA) is 53.5 Å². The SMILES string of the molecule is C=COP(OC=C)Oc1cnccn1. The Hall–Kier alpha value is -1.61. The van der Waals surface area contributed by atoms with Gasteiger partial charge in [-0.15, -0.1) is 0 Å². The van der Waals surface area contributed by atoms with Crippen molar-refractivity contribution in [2.45, 2.75) is 0 Å². The van der Waals surface area contributed by atoms with E-state index in [0.29, 0.717) is 5.88 Å². The van der Waals surface area contributed by atoms with Gasteiger partial charge in [-0.2, -0.15) is 0 Å². The van der Waals surface area contributed by atoms with Gasteiger partial charge in [0.2, 0.25) is 5.88 Å². The number of nitrogens with zero attached hydrogens (tertiary/aromatic N) is 2. The minimum atomic E-state index is -1.58. The van der Waals surface area contributed by atoms with Gasteiger partial charge in [0.1, 0.15) is 0 Å². The maximum Gasteiger partial charge on any atom is 0.530 e. The fraction of sp³-hybridized carbons (Fsp3) is 0. The predicted octanol–water partition coefficient (Wildman–Crippen LogP) is 2.40. The third kappa shape index (κ3) is 3.41. The summed E-state index contributed by atoms with van der Waals surface area (Å²) in [6, 6.07) is 0. The van der Waals surface area contributed by atoms with Crippen LogP contribution < -0.4 is 4.52 Å². The Balaban J connectivity index is 2.54. The molecule has 0 spiro atoms. The number of rotatable bonds is 6. The molecular weight excluding hydrogens is 203 g/mol. The van der Waals surface area contributed by atoms with E-state index in [4.69, 9.17) is 13.6 Å². The minimum absolute atomic E-state index is 0.322. The van der Waals surface area contributed by atoms with Gasteiger partial charge in [-0.3, -0.25) is 4.98 Å². The van der Waals surface area contributed by atoms with Gasteiger partial charge >= 0.3 is 8.60 Å². The summed E-state index contributed by atoms with van der Waals surface area (Å²) < 4.78 is 15.1. The molecule has 74 valence electrons. The van der Waals surface area contributed by atoms with Crippen molar-refractivity contribution in [3.8, 4) is 5.88 Å². The first kappa shape index (κ1) is 10.5. The van der Waals surface area contributed by atoms with E-state index in [1.54, 1.807) is 0 Å². The third-order valence-electron chi connectivity index (χ3n) is 1.03. The molecule has 14 heavy (non-hydrogen) atoms. The average Bonchev–Trinajstić information content (AvgIpc) is 2.20. The second-order valence-electron chi connectivity index (χ2n) is 1.90. The molecule has 0 saturated heterocycles. The monoisotopic (exact) mass is 212 g/mol. The second-order valence-corrected chi connectivity index (χ2v) is 2.95. The fourth-order valence-corrected chi connectivity index (χ4v) is 1.22. The zero-order valence-corrected chi connectivity index (χ0v) is 8.26. The lowest BCUT2D eigenvalue weighted by atomic mass is 10.7. The predicted molar refractivity (Wildman–Crippen MR) is 52.1 cm³/mol. The standard InChI is InChI=1S/C8H9N2O3P/c1-3-11-14(12-4-2)13-8-7-9-5-6-10-8/h3-7H,1-2H2. The van der Waals surface area contributed by atoms with Crippen LogP contribution in [-0.4, -0.2) is 9.97 Å². The third-order valence-corrected chi connectivity index (χ3v) is 2.01. The first-order chi connectivity index (χ1) is 6.86. The lowest BCUT2D eigenvalue weighted by Crippen LogP contribution is -1.92. The molecule has 5 nitrogen and oxygen atoms in total. The summed E-state index contributed by atoms with van der Waals surface area (Å²) in [6.07, 6.45) is 6.95. The van der Waals surface area contributed by atoms with Crippen LogP contribution in [-0.2, 0) is 9.05 Å². The molecule has 0 aliphatic rings. The molecule has 1 aromatic heterocycles. The molecule has 0 aliphatic carbocycles. The molecule has 6 heteroatoms. The van der Waals surface area contributed by atoms with Crippen LogP contribution in [0.15, 0.2) is 44.3 Å². The van der Waals surface area contributed by atoms with Crippen LogP contribution in [0.4, 0.5) is 0 Å². The van der Waals surface area contributed by atoms with Crippen LogP contribution in [0.2, 0.25) is 0 Å². The van der Waals surface area contributed by atoms with Gasteiger partial charge in [-0.05, 0) is 0 Å². The van der Waals surface area contributed by atoms with Crippen LogP contribution in [0.3, 0.4) is 0 Å². The van der Waals surface area contributed by atoms with Crippen LogP contribution in [0.5, 0.6) is 5.88 Å².